The van der Waals surface area contributed by atoms with Crippen LogP contribution in [0.2, 0.25) is 0 Å². The number of phosphoric acid groups is 3. The minimum Gasteiger partial charge on any atom is -0.481 e. The van der Waals surface area contributed by atoms with Crippen molar-refractivity contribution in [1.29, 1.82) is 0 Å². The highest BCUT2D eigenvalue weighted by Gasteiger charge is 2.50. The molecule has 0 aliphatic carbocycles. The van der Waals surface area contributed by atoms with Gasteiger partial charge in [0.05, 0.1) is 31.6 Å². The Labute approximate surface area is 332 Å². The topological polar surface area (TPSA) is 421 Å². The summed E-state index contributed by atoms with van der Waals surface area (Å²) in [6.45, 7) is 1.29. The van der Waals surface area contributed by atoms with E-state index in [1.807, 2.05) is 0 Å². The molecule has 0 spiro atoms. The normalized spacial score (nSPS) is 22.4. The van der Waals surface area contributed by atoms with Gasteiger partial charge in [0.25, 0.3) is 0 Å². The summed E-state index contributed by atoms with van der Waals surface area (Å²) in [6.07, 6.45) is -8.22. The van der Waals surface area contributed by atoms with Crippen LogP contribution in [0.15, 0.2) is 12.7 Å². The number of aromatic nitrogens is 4. The monoisotopic (exact) mass is 911 g/mol. The number of rotatable bonds is 23. The Hall–Kier alpha value is -3.01. The van der Waals surface area contributed by atoms with E-state index < -0.39 is 114 Å². The number of nitrogens with two attached hydrogens (primary N) is 1. The molecule has 0 radical (unpaired) electrons. The summed E-state index contributed by atoms with van der Waals surface area (Å²) in [4.78, 5) is 98.2. The first-order chi connectivity index (χ1) is 26.6. The third kappa shape index (κ3) is 15.2. The van der Waals surface area contributed by atoms with Gasteiger partial charge in [0.1, 0.15) is 36.3 Å². The van der Waals surface area contributed by atoms with Crippen molar-refractivity contribution in [2.24, 2.45) is 5.41 Å². The maximum Gasteiger partial charge on any atom is 0.481 e. The fourth-order valence-electron chi connectivity index (χ4n) is 5.05. The lowest BCUT2D eigenvalue weighted by Gasteiger charge is -2.30. The Kier molecular flexibility index (Phi) is 17.0. The number of anilines is 1. The molecule has 1 aliphatic heterocycles. The third-order valence-electron chi connectivity index (χ3n) is 7.82. The first-order valence-corrected chi connectivity index (χ1v) is 22.1. The van der Waals surface area contributed by atoms with Crippen LogP contribution in [0.5, 0.6) is 0 Å². The zero-order valence-corrected chi connectivity index (χ0v) is 34.3. The molecule has 2 aromatic heterocycles. The number of carboxylic acids is 1. The first-order valence-electron chi connectivity index (χ1n) is 16.6. The molecule has 7 unspecified atom stereocenters. The van der Waals surface area contributed by atoms with Crippen molar-refractivity contribution < 1.29 is 95.5 Å². The number of nitrogens with one attached hydrogen (secondary N) is 2. The van der Waals surface area contributed by atoms with Crippen LogP contribution in [0.3, 0.4) is 0 Å². The zero-order valence-electron chi connectivity index (χ0n) is 30.8. The van der Waals surface area contributed by atoms with Gasteiger partial charge < -0.3 is 61.1 Å². The SMILES string of the molecule is CC(C)(COP(=O)(O)OP(=O)(O)OCC1OC(n2cnc3c(N)ncnc32)C(O)C1OP(=O)(O)O)C(O)C(=O)NCCC(=O)NCCSC(=O)C[C@@](C)(O)CC(=O)O. The van der Waals surface area contributed by atoms with Gasteiger partial charge in [-0.3, -0.25) is 37.3 Å². The van der Waals surface area contributed by atoms with Gasteiger partial charge in [-0.05, 0) is 6.92 Å². The van der Waals surface area contributed by atoms with Gasteiger partial charge in [0, 0.05) is 37.1 Å². The fourth-order valence-corrected chi connectivity index (χ4v) is 8.72. The number of amides is 2. The quantitative estimate of drug-likeness (QED) is 0.0436. The van der Waals surface area contributed by atoms with E-state index in [1.165, 1.54) is 20.8 Å². The van der Waals surface area contributed by atoms with Gasteiger partial charge in [-0.25, -0.2) is 28.6 Å². The predicted octanol–water partition coefficient (Wildman–Crippen LogP) is -1.72. The standard InChI is InChI=1S/C27H44N7O20P3S/c1-26(2,21(40)24(41)30-5-4-15(35)29-6-7-58-17(38)9-27(3,42)8-16(36)37)11-51-57(48,49)54-56(46,47)50-10-14-20(53-55(43,44)45)19(39)25(52-14)34-13-33-18-22(28)31-12-32-23(18)34/h12-14,19-21,25,39-40,42H,4-11H2,1-3H3,(H,29,35)(H,30,41)(H,36,37)(H,46,47)(H,48,49)(H2,28,31,32)(H2,43,44,45)/t14?,19?,20?,21?,25?,27-/m0/s1. The summed E-state index contributed by atoms with van der Waals surface area (Å²) in [5.41, 5.74) is 2.44. The number of ether oxygens (including phenoxy) is 1. The van der Waals surface area contributed by atoms with Crippen LogP contribution in [0.1, 0.15) is 46.3 Å². The number of fused-ring (bicyclic) bond motifs is 1. The molecular weight excluding hydrogens is 867 g/mol. The Morgan fingerprint density at radius 1 is 1.02 bits per heavy atom. The summed E-state index contributed by atoms with van der Waals surface area (Å²) in [6, 6.07) is 0. The number of imidazole rings is 1. The molecular formula is C27H44N7O20P3S. The second-order valence-corrected chi connectivity index (χ2v) is 18.9. The maximum atomic E-state index is 12.7. The number of aliphatic carboxylic acids is 1. The summed E-state index contributed by atoms with van der Waals surface area (Å²) in [5.74, 6) is -2.81. The number of carbonyl (C=O) groups is 4. The van der Waals surface area contributed by atoms with E-state index in [1.54, 1.807) is 0 Å². The summed E-state index contributed by atoms with van der Waals surface area (Å²) < 4.78 is 62.0. The second-order valence-electron chi connectivity index (χ2n) is 13.5. The number of aliphatic hydroxyl groups is 3. The molecule has 2 aromatic rings. The van der Waals surface area contributed by atoms with Crippen LogP contribution < -0.4 is 16.4 Å². The summed E-state index contributed by atoms with van der Waals surface area (Å²) in [7, 11) is -16.5. The average Bonchev–Trinajstić information content (AvgIpc) is 3.63. The van der Waals surface area contributed by atoms with Crippen LogP contribution >= 0.6 is 35.2 Å². The van der Waals surface area contributed by atoms with E-state index in [-0.39, 0.29) is 42.2 Å². The van der Waals surface area contributed by atoms with Crippen LogP contribution in [0.25, 0.3) is 11.2 Å². The molecule has 0 aromatic carbocycles. The van der Waals surface area contributed by atoms with Crippen LogP contribution in [-0.2, 0) is 55.5 Å². The van der Waals surface area contributed by atoms with Gasteiger partial charge in [0.2, 0.25) is 11.8 Å². The number of nitrogen functional groups attached to an aromatic ring is 1. The van der Waals surface area contributed by atoms with E-state index in [0.29, 0.717) is 0 Å². The summed E-state index contributed by atoms with van der Waals surface area (Å²) in [5, 5.41) is 44.4. The number of hydrogen-bond acceptors (Lipinski definition) is 20. The Bertz CT molecular complexity index is 1950. The lowest BCUT2D eigenvalue weighted by Crippen LogP contribution is -2.46. The highest BCUT2D eigenvalue weighted by Crippen LogP contribution is 2.61. The van der Waals surface area contributed by atoms with Crippen molar-refractivity contribution in [2.75, 3.05) is 37.8 Å². The molecule has 0 bridgehead atoms. The molecule has 58 heavy (non-hydrogen) atoms. The van der Waals surface area contributed by atoms with Crippen LogP contribution in [0, 0.1) is 5.41 Å². The molecule has 12 N–H and O–H groups in total. The lowest BCUT2D eigenvalue weighted by atomic mass is 9.87. The van der Waals surface area contributed by atoms with E-state index in [0.717, 1.165) is 29.0 Å². The van der Waals surface area contributed by atoms with Crippen molar-refractivity contribution >= 4 is 75.1 Å². The minimum atomic E-state index is -5.60. The summed E-state index contributed by atoms with van der Waals surface area (Å²) >= 11 is 0.771. The molecule has 1 aliphatic rings. The molecule has 27 nitrogen and oxygen atoms in total. The zero-order chi connectivity index (χ0) is 43.9. The largest absolute Gasteiger partial charge is 0.481 e. The number of nitrogens with zero attached hydrogens (tertiary/aromatic N) is 4. The highest BCUT2D eigenvalue weighted by molar-refractivity contribution is 8.13. The van der Waals surface area contributed by atoms with Crippen LogP contribution in [0.4, 0.5) is 5.82 Å². The lowest BCUT2D eigenvalue weighted by molar-refractivity contribution is -0.142. The van der Waals surface area contributed by atoms with Crippen molar-refractivity contribution in [2.45, 2.75) is 76.3 Å². The molecule has 8 atom stereocenters. The molecule has 2 amide bonds. The second kappa shape index (κ2) is 20.0. The van der Waals surface area contributed by atoms with Gasteiger partial charge in [-0.1, -0.05) is 25.6 Å². The van der Waals surface area contributed by atoms with Crippen molar-refractivity contribution in [1.82, 2.24) is 30.2 Å². The molecule has 1 fully saturated rings. The predicted molar refractivity (Wildman–Crippen MR) is 195 cm³/mol. The van der Waals surface area contributed by atoms with Gasteiger partial charge in [-0.2, -0.15) is 4.31 Å². The van der Waals surface area contributed by atoms with E-state index in [2.05, 4.69) is 34.4 Å². The Morgan fingerprint density at radius 2 is 1.67 bits per heavy atom. The molecule has 31 heteroatoms. The van der Waals surface area contributed by atoms with Crippen molar-refractivity contribution in [3.63, 3.8) is 0 Å². The number of carbonyl (C=O) groups excluding carboxylic acids is 3. The van der Waals surface area contributed by atoms with E-state index in [9.17, 15) is 67.8 Å². The van der Waals surface area contributed by atoms with E-state index in [4.69, 9.17) is 24.6 Å². The maximum absolute atomic E-state index is 12.7. The molecule has 0 saturated carbocycles. The number of carboxylic acid groups (broad SMARTS) is 1. The fraction of sp³-hybridized carbons (Fsp3) is 0.667. The van der Waals surface area contributed by atoms with Crippen molar-refractivity contribution in [3.05, 3.63) is 12.7 Å². The number of thioether (sulfide) groups is 1. The minimum absolute atomic E-state index is 0.0147. The smallest absolute Gasteiger partial charge is 0.481 e. The van der Waals surface area contributed by atoms with Gasteiger partial charge in [0.15, 0.2) is 22.8 Å². The molecule has 1 saturated heterocycles. The van der Waals surface area contributed by atoms with Gasteiger partial charge >= 0.3 is 29.4 Å². The molecule has 3 heterocycles. The Balaban J connectivity index is 1.47. The number of hydrogen-bond donors (Lipinski definition) is 11. The first kappa shape index (κ1) is 49.4. The van der Waals surface area contributed by atoms with Crippen molar-refractivity contribution in [3.8, 4) is 0 Å². The number of phosphoric ester groups is 3. The highest BCUT2D eigenvalue weighted by atomic mass is 32.2. The van der Waals surface area contributed by atoms with E-state index >= 15 is 0 Å². The average molecular weight is 912 g/mol. The number of aliphatic hydroxyl groups excluding tert-OH is 2. The third-order valence-corrected chi connectivity index (χ3v) is 11.8. The van der Waals surface area contributed by atoms with Gasteiger partial charge in [-0.15, -0.1) is 0 Å². The van der Waals surface area contributed by atoms with Crippen LogP contribution in [-0.4, -0.2) is 144 Å². The molecule has 3 rings (SSSR count). The Morgan fingerprint density at radius 3 is 2.31 bits per heavy atom. The molecule has 328 valence electrons.